The maximum Gasteiger partial charge on any atom is 0.271 e. The van der Waals surface area contributed by atoms with E-state index >= 15 is 0 Å². The summed E-state index contributed by atoms with van der Waals surface area (Å²) in [6.45, 7) is 1.78. The summed E-state index contributed by atoms with van der Waals surface area (Å²) in [5.41, 5.74) is 5.43. The predicted molar refractivity (Wildman–Crippen MR) is 118 cm³/mol. The number of para-hydroxylation sites is 1. The fraction of sp³-hybridized carbons (Fsp3) is 0.0870. The van der Waals surface area contributed by atoms with Crippen LogP contribution in [0, 0.1) is 6.92 Å². The van der Waals surface area contributed by atoms with Crippen LogP contribution in [0.3, 0.4) is 0 Å². The SMILES string of the molecule is Cc1ccc(C(=O)N/N=C/c2ccc(OCC(=O)Nc3ccccc3)c(Cl)c2)cc1. The van der Waals surface area contributed by atoms with Gasteiger partial charge in [-0.3, -0.25) is 9.59 Å². The molecule has 0 aliphatic carbocycles. The molecule has 0 radical (unpaired) electrons. The molecule has 152 valence electrons. The molecule has 0 aromatic heterocycles. The highest BCUT2D eigenvalue weighted by Crippen LogP contribution is 2.25. The number of carbonyl (C=O) groups excluding carboxylic acids is 2. The summed E-state index contributed by atoms with van der Waals surface area (Å²) >= 11 is 6.22. The van der Waals surface area contributed by atoms with Gasteiger partial charge < -0.3 is 10.1 Å². The minimum atomic E-state index is -0.304. The molecule has 0 aliphatic rings. The second-order valence-corrected chi connectivity index (χ2v) is 6.87. The fourth-order valence-electron chi connectivity index (χ4n) is 2.51. The van der Waals surface area contributed by atoms with Crippen molar-refractivity contribution in [2.75, 3.05) is 11.9 Å². The lowest BCUT2D eigenvalue weighted by Crippen LogP contribution is -2.20. The van der Waals surface area contributed by atoms with E-state index in [0.717, 1.165) is 5.56 Å². The fourth-order valence-corrected chi connectivity index (χ4v) is 2.75. The molecule has 0 bridgehead atoms. The van der Waals surface area contributed by atoms with Crippen LogP contribution in [0.4, 0.5) is 5.69 Å². The second kappa shape index (κ2) is 10.2. The van der Waals surface area contributed by atoms with Gasteiger partial charge in [0, 0.05) is 11.3 Å². The molecule has 0 aliphatic heterocycles. The Labute approximate surface area is 179 Å². The van der Waals surface area contributed by atoms with Crippen LogP contribution in [0.1, 0.15) is 21.5 Å². The molecule has 0 saturated carbocycles. The highest BCUT2D eigenvalue weighted by atomic mass is 35.5. The lowest BCUT2D eigenvalue weighted by molar-refractivity contribution is -0.118. The average molecular weight is 422 g/mol. The van der Waals surface area contributed by atoms with E-state index in [1.165, 1.54) is 6.21 Å². The van der Waals surface area contributed by atoms with E-state index in [4.69, 9.17) is 16.3 Å². The van der Waals surface area contributed by atoms with Gasteiger partial charge in [-0.05, 0) is 55.0 Å². The quantitative estimate of drug-likeness (QED) is 0.437. The van der Waals surface area contributed by atoms with Crippen molar-refractivity contribution in [3.05, 3.63) is 94.5 Å². The summed E-state index contributed by atoms with van der Waals surface area (Å²) in [7, 11) is 0. The second-order valence-electron chi connectivity index (χ2n) is 6.46. The molecule has 2 N–H and O–H groups in total. The van der Waals surface area contributed by atoms with Gasteiger partial charge in [0.05, 0.1) is 11.2 Å². The van der Waals surface area contributed by atoms with Gasteiger partial charge >= 0.3 is 0 Å². The molecular weight excluding hydrogens is 402 g/mol. The zero-order valence-electron chi connectivity index (χ0n) is 16.3. The number of aryl methyl sites for hydroxylation is 1. The summed E-state index contributed by atoms with van der Waals surface area (Å²) in [5, 5.41) is 7.00. The summed E-state index contributed by atoms with van der Waals surface area (Å²) in [6, 6.07) is 21.3. The molecule has 3 aromatic rings. The summed E-state index contributed by atoms with van der Waals surface area (Å²) < 4.78 is 5.48. The first-order chi connectivity index (χ1) is 14.5. The molecule has 0 fully saturated rings. The zero-order valence-corrected chi connectivity index (χ0v) is 17.0. The lowest BCUT2D eigenvalue weighted by Gasteiger charge is -2.09. The van der Waals surface area contributed by atoms with E-state index in [-0.39, 0.29) is 18.4 Å². The Bertz CT molecular complexity index is 1050. The number of hydrogen-bond donors (Lipinski definition) is 2. The van der Waals surface area contributed by atoms with Crippen LogP contribution >= 0.6 is 11.6 Å². The Hall–Kier alpha value is -3.64. The van der Waals surface area contributed by atoms with Crippen molar-refractivity contribution in [1.29, 1.82) is 0 Å². The number of nitrogens with one attached hydrogen (secondary N) is 2. The van der Waals surface area contributed by atoms with Gasteiger partial charge in [-0.1, -0.05) is 47.5 Å². The molecule has 2 amide bonds. The average Bonchev–Trinajstić information content (AvgIpc) is 2.74. The number of hydrogen-bond acceptors (Lipinski definition) is 4. The van der Waals surface area contributed by atoms with Gasteiger partial charge in [-0.25, -0.2) is 5.43 Å². The number of hydrazone groups is 1. The molecule has 0 heterocycles. The summed E-state index contributed by atoms with van der Waals surface area (Å²) in [5.74, 6) is -0.218. The number of halogens is 1. The van der Waals surface area contributed by atoms with Crippen LogP contribution in [0.5, 0.6) is 5.75 Å². The van der Waals surface area contributed by atoms with E-state index in [0.29, 0.717) is 27.6 Å². The predicted octanol–water partition coefficient (Wildman–Crippen LogP) is 4.43. The zero-order chi connectivity index (χ0) is 21.3. The molecule has 3 aromatic carbocycles. The molecule has 0 atom stereocenters. The largest absolute Gasteiger partial charge is 0.482 e. The van der Waals surface area contributed by atoms with Gasteiger partial charge in [0.1, 0.15) is 5.75 Å². The van der Waals surface area contributed by atoms with Crippen molar-refractivity contribution in [3.8, 4) is 5.75 Å². The first-order valence-electron chi connectivity index (χ1n) is 9.18. The third-order valence-electron chi connectivity index (χ3n) is 4.07. The highest BCUT2D eigenvalue weighted by molar-refractivity contribution is 6.32. The van der Waals surface area contributed by atoms with Gasteiger partial charge in [-0.15, -0.1) is 0 Å². The third-order valence-corrected chi connectivity index (χ3v) is 4.36. The van der Waals surface area contributed by atoms with E-state index in [2.05, 4.69) is 15.8 Å². The Balaban J connectivity index is 1.51. The maximum absolute atomic E-state index is 12.0. The Morgan fingerprint density at radius 3 is 2.47 bits per heavy atom. The summed E-state index contributed by atoms with van der Waals surface area (Å²) in [4.78, 5) is 24.0. The van der Waals surface area contributed by atoms with Gasteiger partial charge in [0.2, 0.25) is 0 Å². The number of ether oxygens (including phenoxy) is 1. The molecule has 6 nitrogen and oxygen atoms in total. The minimum absolute atomic E-state index is 0.172. The third kappa shape index (κ3) is 6.18. The molecule has 30 heavy (non-hydrogen) atoms. The molecule has 0 spiro atoms. The van der Waals surface area contributed by atoms with Crippen LogP contribution < -0.4 is 15.5 Å². The van der Waals surface area contributed by atoms with Crippen LogP contribution in [-0.4, -0.2) is 24.6 Å². The number of carbonyl (C=O) groups is 2. The number of anilines is 1. The molecular formula is C23H20ClN3O3. The van der Waals surface area contributed by atoms with Gasteiger partial charge in [0.25, 0.3) is 11.8 Å². The Morgan fingerprint density at radius 2 is 1.77 bits per heavy atom. The molecule has 3 rings (SSSR count). The van der Waals surface area contributed by atoms with Crippen molar-refractivity contribution in [2.24, 2.45) is 5.10 Å². The molecule has 0 unspecified atom stereocenters. The topological polar surface area (TPSA) is 79.8 Å². The van der Waals surface area contributed by atoms with Crippen molar-refractivity contribution in [2.45, 2.75) is 6.92 Å². The van der Waals surface area contributed by atoms with Crippen molar-refractivity contribution in [1.82, 2.24) is 5.43 Å². The van der Waals surface area contributed by atoms with E-state index in [9.17, 15) is 9.59 Å². The monoisotopic (exact) mass is 421 g/mol. The highest BCUT2D eigenvalue weighted by Gasteiger charge is 2.07. The first kappa shape index (κ1) is 21.1. The van der Waals surface area contributed by atoms with Crippen molar-refractivity contribution in [3.63, 3.8) is 0 Å². The van der Waals surface area contributed by atoms with Crippen molar-refractivity contribution < 1.29 is 14.3 Å². The van der Waals surface area contributed by atoms with E-state index in [1.807, 2.05) is 37.3 Å². The molecule has 7 heteroatoms. The summed E-state index contributed by atoms with van der Waals surface area (Å²) in [6.07, 6.45) is 1.48. The van der Waals surface area contributed by atoms with Crippen LogP contribution in [-0.2, 0) is 4.79 Å². The number of benzene rings is 3. The normalized spacial score (nSPS) is 10.6. The van der Waals surface area contributed by atoms with Gasteiger partial charge in [0.15, 0.2) is 6.61 Å². The standard InChI is InChI=1S/C23H20ClN3O3/c1-16-7-10-18(11-8-16)23(29)27-25-14-17-9-12-21(20(24)13-17)30-15-22(28)26-19-5-3-2-4-6-19/h2-14H,15H2,1H3,(H,26,28)(H,27,29)/b25-14+. The van der Waals surface area contributed by atoms with E-state index < -0.39 is 0 Å². The molecule has 0 saturated heterocycles. The van der Waals surface area contributed by atoms with Crippen LogP contribution in [0.15, 0.2) is 77.9 Å². The number of amides is 2. The minimum Gasteiger partial charge on any atom is -0.482 e. The number of rotatable bonds is 7. The van der Waals surface area contributed by atoms with Gasteiger partial charge in [-0.2, -0.15) is 5.10 Å². The number of nitrogens with zero attached hydrogens (tertiary/aromatic N) is 1. The van der Waals surface area contributed by atoms with Crippen LogP contribution in [0.25, 0.3) is 0 Å². The Morgan fingerprint density at radius 1 is 1.03 bits per heavy atom. The Kier molecular flexibility index (Phi) is 7.19. The van der Waals surface area contributed by atoms with E-state index in [1.54, 1.807) is 42.5 Å². The van der Waals surface area contributed by atoms with Crippen molar-refractivity contribution >= 4 is 35.3 Å². The maximum atomic E-state index is 12.0. The lowest BCUT2D eigenvalue weighted by atomic mass is 10.1. The first-order valence-corrected chi connectivity index (χ1v) is 9.56. The smallest absolute Gasteiger partial charge is 0.271 e. The van der Waals surface area contributed by atoms with Crippen LogP contribution in [0.2, 0.25) is 5.02 Å².